The zero-order chi connectivity index (χ0) is 14.8. The van der Waals surface area contributed by atoms with Crippen molar-refractivity contribution in [3.63, 3.8) is 0 Å². The summed E-state index contributed by atoms with van der Waals surface area (Å²) in [6.45, 7) is 5.84. The smallest absolute Gasteiger partial charge is 0.253 e. The molecule has 1 aliphatic rings. The number of hydrogen-bond acceptors (Lipinski definition) is 2. The second-order valence-electron chi connectivity index (χ2n) is 5.96. The molecule has 2 nitrogen and oxygen atoms in total. The Hall–Kier alpha value is -1.61. The third kappa shape index (κ3) is 3.18. The molecule has 1 aliphatic heterocycles. The van der Waals surface area contributed by atoms with E-state index in [1.807, 2.05) is 42.2 Å². The highest BCUT2D eigenvalue weighted by Gasteiger charge is 2.25. The van der Waals surface area contributed by atoms with Crippen LogP contribution in [0, 0.1) is 13.8 Å². The quantitative estimate of drug-likeness (QED) is 0.805. The highest BCUT2D eigenvalue weighted by atomic mass is 32.1. The maximum absolute atomic E-state index is 12.6. The molecule has 1 aromatic carbocycles. The molecule has 3 rings (SSSR count). The molecule has 0 radical (unpaired) electrons. The Bertz CT molecular complexity index is 604. The van der Waals surface area contributed by atoms with Crippen molar-refractivity contribution in [2.24, 2.45) is 0 Å². The minimum Gasteiger partial charge on any atom is -0.339 e. The van der Waals surface area contributed by atoms with Crippen molar-refractivity contribution in [1.29, 1.82) is 0 Å². The van der Waals surface area contributed by atoms with Crippen LogP contribution in [0.25, 0.3) is 0 Å². The van der Waals surface area contributed by atoms with Crippen molar-refractivity contribution < 1.29 is 4.79 Å². The third-order valence-electron chi connectivity index (χ3n) is 4.20. The van der Waals surface area contributed by atoms with Gasteiger partial charge in [-0.1, -0.05) is 23.3 Å². The summed E-state index contributed by atoms with van der Waals surface area (Å²) in [4.78, 5) is 16.1. The highest BCUT2D eigenvalue weighted by Crippen LogP contribution is 2.31. The first-order chi connectivity index (χ1) is 10.1. The van der Waals surface area contributed by atoms with Gasteiger partial charge >= 0.3 is 0 Å². The minimum absolute atomic E-state index is 0.187. The molecule has 2 aromatic rings. The third-order valence-corrected chi connectivity index (χ3v) is 5.23. The first-order valence-corrected chi connectivity index (χ1v) is 8.42. The van der Waals surface area contributed by atoms with E-state index >= 15 is 0 Å². The van der Waals surface area contributed by atoms with Crippen LogP contribution in [0.3, 0.4) is 0 Å². The molecule has 1 saturated heterocycles. The van der Waals surface area contributed by atoms with Gasteiger partial charge in [0.15, 0.2) is 0 Å². The molecule has 0 spiro atoms. The molecule has 0 bridgehead atoms. The van der Waals surface area contributed by atoms with Gasteiger partial charge in [0.2, 0.25) is 0 Å². The first kappa shape index (κ1) is 14.3. The van der Waals surface area contributed by atoms with E-state index in [0.29, 0.717) is 5.92 Å². The van der Waals surface area contributed by atoms with Gasteiger partial charge in [0.05, 0.1) is 0 Å². The van der Waals surface area contributed by atoms with E-state index in [1.54, 1.807) is 0 Å². The van der Waals surface area contributed by atoms with Gasteiger partial charge in [-0.3, -0.25) is 4.79 Å². The van der Waals surface area contributed by atoms with Crippen LogP contribution in [-0.4, -0.2) is 23.9 Å². The molecule has 0 N–H and O–H groups in total. The largest absolute Gasteiger partial charge is 0.339 e. The van der Waals surface area contributed by atoms with Crippen LogP contribution in [0.1, 0.15) is 45.1 Å². The van der Waals surface area contributed by atoms with Gasteiger partial charge in [-0.15, -0.1) is 11.3 Å². The van der Waals surface area contributed by atoms with Crippen molar-refractivity contribution in [2.45, 2.75) is 32.6 Å². The standard InChI is InChI=1S/C18H21NOS/c1-13-10-14(2)12-16(11-13)18(20)19-7-5-15(6-8-19)17-4-3-9-21-17/h3-4,9-12,15H,5-8H2,1-2H3. The lowest BCUT2D eigenvalue weighted by molar-refractivity contribution is 0.0713. The number of carbonyl (C=O) groups is 1. The molecule has 1 amide bonds. The lowest BCUT2D eigenvalue weighted by Crippen LogP contribution is -2.37. The predicted molar refractivity (Wildman–Crippen MR) is 88.1 cm³/mol. The zero-order valence-corrected chi connectivity index (χ0v) is 13.5. The molecule has 0 saturated carbocycles. The lowest BCUT2D eigenvalue weighted by atomic mass is 9.94. The number of hydrogen-bond donors (Lipinski definition) is 0. The van der Waals surface area contributed by atoms with Crippen LogP contribution in [-0.2, 0) is 0 Å². The van der Waals surface area contributed by atoms with Gasteiger partial charge in [-0.05, 0) is 56.2 Å². The average Bonchev–Trinajstić information content (AvgIpc) is 3.00. The summed E-state index contributed by atoms with van der Waals surface area (Å²) in [6, 6.07) is 10.4. The van der Waals surface area contributed by atoms with Gasteiger partial charge in [0, 0.05) is 23.5 Å². The van der Waals surface area contributed by atoms with E-state index in [2.05, 4.69) is 23.6 Å². The number of piperidine rings is 1. The van der Waals surface area contributed by atoms with Gasteiger partial charge < -0.3 is 4.90 Å². The molecular weight excluding hydrogens is 278 g/mol. The molecule has 0 unspecified atom stereocenters. The van der Waals surface area contributed by atoms with Crippen LogP contribution in [0.5, 0.6) is 0 Å². The summed E-state index contributed by atoms with van der Waals surface area (Å²) in [5.41, 5.74) is 3.15. The Labute approximate surface area is 130 Å². The fraction of sp³-hybridized carbons (Fsp3) is 0.389. The second-order valence-corrected chi connectivity index (χ2v) is 6.94. The number of aryl methyl sites for hydroxylation is 2. The summed E-state index contributed by atoms with van der Waals surface area (Å²) in [6.07, 6.45) is 2.16. The highest BCUT2D eigenvalue weighted by molar-refractivity contribution is 7.10. The van der Waals surface area contributed by atoms with E-state index in [-0.39, 0.29) is 5.91 Å². The van der Waals surface area contributed by atoms with Crippen LogP contribution in [0.15, 0.2) is 35.7 Å². The Kier molecular flexibility index (Phi) is 4.11. The Morgan fingerprint density at radius 1 is 1.14 bits per heavy atom. The van der Waals surface area contributed by atoms with E-state index in [1.165, 1.54) is 4.88 Å². The maximum Gasteiger partial charge on any atom is 0.253 e. The fourth-order valence-electron chi connectivity index (χ4n) is 3.17. The number of amides is 1. The van der Waals surface area contributed by atoms with E-state index in [4.69, 9.17) is 0 Å². The topological polar surface area (TPSA) is 20.3 Å². The summed E-state index contributed by atoms with van der Waals surface area (Å²) >= 11 is 1.84. The average molecular weight is 299 g/mol. The van der Waals surface area contributed by atoms with Crippen LogP contribution < -0.4 is 0 Å². The Morgan fingerprint density at radius 3 is 2.38 bits per heavy atom. The molecule has 0 atom stereocenters. The summed E-state index contributed by atoms with van der Waals surface area (Å²) in [5.74, 6) is 0.819. The monoisotopic (exact) mass is 299 g/mol. The summed E-state index contributed by atoms with van der Waals surface area (Å²) in [5, 5.41) is 2.14. The molecule has 0 aliphatic carbocycles. The number of thiophene rings is 1. The lowest BCUT2D eigenvalue weighted by Gasteiger charge is -2.31. The zero-order valence-electron chi connectivity index (χ0n) is 12.6. The Balaban J connectivity index is 1.67. The van der Waals surface area contributed by atoms with Crippen LogP contribution >= 0.6 is 11.3 Å². The first-order valence-electron chi connectivity index (χ1n) is 7.54. The minimum atomic E-state index is 0.187. The molecule has 2 heterocycles. The van der Waals surface area contributed by atoms with Crippen molar-refractivity contribution in [2.75, 3.05) is 13.1 Å². The molecule has 1 aromatic heterocycles. The summed E-state index contributed by atoms with van der Waals surface area (Å²) in [7, 11) is 0. The van der Waals surface area contributed by atoms with E-state index < -0.39 is 0 Å². The van der Waals surface area contributed by atoms with Crippen LogP contribution in [0.2, 0.25) is 0 Å². The number of likely N-dealkylation sites (tertiary alicyclic amines) is 1. The predicted octanol–water partition coefficient (Wildman–Crippen LogP) is 4.38. The van der Waals surface area contributed by atoms with Crippen molar-refractivity contribution in [1.82, 2.24) is 4.90 Å². The van der Waals surface area contributed by atoms with Gasteiger partial charge in [0.25, 0.3) is 5.91 Å². The van der Waals surface area contributed by atoms with E-state index in [0.717, 1.165) is 42.6 Å². The van der Waals surface area contributed by atoms with Gasteiger partial charge in [-0.2, -0.15) is 0 Å². The normalized spacial score (nSPS) is 16.2. The van der Waals surface area contributed by atoms with Crippen molar-refractivity contribution >= 4 is 17.2 Å². The number of benzene rings is 1. The second kappa shape index (κ2) is 6.02. The van der Waals surface area contributed by atoms with Gasteiger partial charge in [0.1, 0.15) is 0 Å². The van der Waals surface area contributed by atoms with Crippen molar-refractivity contribution in [3.8, 4) is 0 Å². The van der Waals surface area contributed by atoms with Crippen LogP contribution in [0.4, 0.5) is 0 Å². The Morgan fingerprint density at radius 2 is 1.81 bits per heavy atom. The SMILES string of the molecule is Cc1cc(C)cc(C(=O)N2CCC(c3cccs3)CC2)c1. The number of nitrogens with zero attached hydrogens (tertiary/aromatic N) is 1. The van der Waals surface area contributed by atoms with Gasteiger partial charge in [-0.25, -0.2) is 0 Å². The fourth-order valence-corrected chi connectivity index (χ4v) is 4.07. The molecular formula is C18H21NOS. The maximum atomic E-state index is 12.6. The van der Waals surface area contributed by atoms with E-state index in [9.17, 15) is 4.79 Å². The molecule has 21 heavy (non-hydrogen) atoms. The number of rotatable bonds is 2. The molecule has 110 valence electrons. The number of carbonyl (C=O) groups excluding carboxylic acids is 1. The molecule has 1 fully saturated rings. The van der Waals surface area contributed by atoms with Crippen molar-refractivity contribution in [3.05, 3.63) is 57.3 Å². The molecule has 3 heteroatoms. The summed E-state index contributed by atoms with van der Waals surface area (Å²) < 4.78 is 0.